The van der Waals surface area contributed by atoms with Gasteiger partial charge in [0.25, 0.3) is 0 Å². The van der Waals surface area contributed by atoms with Crippen LogP contribution in [0, 0.1) is 5.92 Å². The molecule has 0 spiro atoms. The molecule has 0 heterocycles. The van der Waals surface area contributed by atoms with Crippen molar-refractivity contribution in [1.29, 1.82) is 0 Å². The molecule has 1 N–H and O–H groups in total. The standard InChI is InChI=1S/C13H26O3S/c1-3-12-6-9-13(14,10-7-12)8-5-11-17(15,16)4-2/h12,14H,3-11H2,1-2H3. The molecule has 0 atom stereocenters. The largest absolute Gasteiger partial charge is 0.390 e. The Morgan fingerprint density at radius 1 is 1.24 bits per heavy atom. The molecule has 102 valence electrons. The van der Waals surface area contributed by atoms with Crippen LogP contribution in [0.3, 0.4) is 0 Å². The van der Waals surface area contributed by atoms with Gasteiger partial charge in [-0.2, -0.15) is 0 Å². The van der Waals surface area contributed by atoms with Gasteiger partial charge < -0.3 is 5.11 Å². The van der Waals surface area contributed by atoms with Crippen molar-refractivity contribution in [3.63, 3.8) is 0 Å². The quantitative estimate of drug-likeness (QED) is 0.800. The molecule has 0 amide bonds. The third-order valence-electron chi connectivity index (χ3n) is 4.15. The van der Waals surface area contributed by atoms with Crippen LogP contribution in [-0.2, 0) is 9.84 Å². The minimum absolute atomic E-state index is 0.212. The average Bonchev–Trinajstić information content (AvgIpc) is 2.30. The van der Waals surface area contributed by atoms with E-state index in [0.29, 0.717) is 12.8 Å². The Balaban J connectivity index is 2.32. The molecule has 1 aliphatic rings. The summed E-state index contributed by atoms with van der Waals surface area (Å²) in [6, 6.07) is 0. The first kappa shape index (κ1) is 15.0. The Morgan fingerprint density at radius 2 is 1.82 bits per heavy atom. The average molecular weight is 262 g/mol. The molecule has 0 aromatic heterocycles. The van der Waals surface area contributed by atoms with Crippen molar-refractivity contribution < 1.29 is 13.5 Å². The fourth-order valence-corrected chi connectivity index (χ4v) is 3.51. The lowest BCUT2D eigenvalue weighted by Crippen LogP contribution is -2.34. The number of hydrogen-bond donors (Lipinski definition) is 1. The molecule has 0 bridgehead atoms. The highest BCUT2D eigenvalue weighted by atomic mass is 32.2. The van der Waals surface area contributed by atoms with E-state index in [9.17, 15) is 13.5 Å². The van der Waals surface area contributed by atoms with Crippen LogP contribution in [0.25, 0.3) is 0 Å². The number of hydrogen-bond acceptors (Lipinski definition) is 3. The highest BCUT2D eigenvalue weighted by Gasteiger charge is 2.32. The monoisotopic (exact) mass is 262 g/mol. The molecule has 4 heteroatoms. The molecule has 1 fully saturated rings. The van der Waals surface area contributed by atoms with Gasteiger partial charge in [-0.1, -0.05) is 20.3 Å². The second-order valence-corrected chi connectivity index (χ2v) is 7.89. The zero-order valence-electron chi connectivity index (χ0n) is 11.1. The minimum atomic E-state index is -2.87. The predicted octanol–water partition coefficient (Wildman–Crippen LogP) is 2.53. The molecule has 0 unspecified atom stereocenters. The van der Waals surface area contributed by atoms with Crippen LogP contribution in [0.5, 0.6) is 0 Å². The van der Waals surface area contributed by atoms with E-state index >= 15 is 0 Å². The van der Waals surface area contributed by atoms with Crippen LogP contribution >= 0.6 is 0 Å². The Labute approximate surface area is 106 Å². The van der Waals surface area contributed by atoms with Gasteiger partial charge in [0.2, 0.25) is 0 Å². The van der Waals surface area contributed by atoms with Gasteiger partial charge in [0.15, 0.2) is 0 Å². The molecule has 0 aromatic rings. The molecule has 0 radical (unpaired) electrons. The van der Waals surface area contributed by atoms with Crippen molar-refractivity contribution in [3.8, 4) is 0 Å². The van der Waals surface area contributed by atoms with Gasteiger partial charge in [0.1, 0.15) is 9.84 Å². The van der Waals surface area contributed by atoms with Crippen LogP contribution < -0.4 is 0 Å². The van der Waals surface area contributed by atoms with Gasteiger partial charge >= 0.3 is 0 Å². The van der Waals surface area contributed by atoms with Crippen molar-refractivity contribution in [2.75, 3.05) is 11.5 Å². The van der Waals surface area contributed by atoms with E-state index in [4.69, 9.17) is 0 Å². The lowest BCUT2D eigenvalue weighted by Gasteiger charge is -2.35. The van der Waals surface area contributed by atoms with Crippen molar-refractivity contribution in [1.82, 2.24) is 0 Å². The summed E-state index contributed by atoms with van der Waals surface area (Å²) in [5.74, 6) is 1.20. The van der Waals surface area contributed by atoms with E-state index in [2.05, 4.69) is 6.92 Å². The summed E-state index contributed by atoms with van der Waals surface area (Å²) in [6.45, 7) is 3.87. The third kappa shape index (κ3) is 4.96. The van der Waals surface area contributed by atoms with Crippen LogP contribution in [0.15, 0.2) is 0 Å². The van der Waals surface area contributed by atoms with Gasteiger partial charge in [-0.25, -0.2) is 8.42 Å². The lowest BCUT2D eigenvalue weighted by molar-refractivity contribution is -0.0172. The molecule has 0 aromatic carbocycles. The van der Waals surface area contributed by atoms with Gasteiger partial charge in [-0.05, 0) is 44.4 Å². The van der Waals surface area contributed by atoms with Gasteiger partial charge in [-0.15, -0.1) is 0 Å². The number of rotatable bonds is 6. The SMILES string of the molecule is CCC1CCC(O)(CCCS(=O)(=O)CC)CC1. The maximum atomic E-state index is 11.4. The lowest BCUT2D eigenvalue weighted by atomic mass is 9.76. The molecular weight excluding hydrogens is 236 g/mol. The van der Waals surface area contributed by atoms with Crippen LogP contribution in [0.1, 0.15) is 58.8 Å². The van der Waals surface area contributed by atoms with Crippen molar-refractivity contribution >= 4 is 9.84 Å². The van der Waals surface area contributed by atoms with Gasteiger partial charge in [-0.3, -0.25) is 0 Å². The first-order valence-electron chi connectivity index (χ1n) is 6.83. The summed E-state index contributed by atoms with van der Waals surface area (Å²) < 4.78 is 22.7. The number of aliphatic hydroxyl groups is 1. The second-order valence-electron chi connectivity index (χ2n) is 5.42. The normalized spacial score (nSPS) is 30.4. The molecule has 0 saturated heterocycles. The van der Waals surface area contributed by atoms with E-state index in [1.54, 1.807) is 6.92 Å². The van der Waals surface area contributed by atoms with Gasteiger partial charge in [0, 0.05) is 5.75 Å². The Kier molecular flexibility index (Phi) is 5.45. The Bertz CT molecular complexity index is 314. The molecule has 3 nitrogen and oxygen atoms in total. The topological polar surface area (TPSA) is 54.4 Å². The van der Waals surface area contributed by atoms with Crippen LogP contribution in [0.4, 0.5) is 0 Å². The summed E-state index contributed by atoms with van der Waals surface area (Å²) >= 11 is 0. The molecule has 1 saturated carbocycles. The Hall–Kier alpha value is -0.0900. The Morgan fingerprint density at radius 3 is 2.29 bits per heavy atom. The fraction of sp³-hybridized carbons (Fsp3) is 1.00. The van der Waals surface area contributed by atoms with Crippen molar-refractivity contribution in [2.24, 2.45) is 5.92 Å². The summed E-state index contributed by atoms with van der Waals surface area (Å²) in [4.78, 5) is 0. The zero-order valence-corrected chi connectivity index (χ0v) is 11.9. The van der Waals surface area contributed by atoms with Crippen molar-refractivity contribution in [3.05, 3.63) is 0 Å². The number of sulfone groups is 1. The summed E-state index contributed by atoms with van der Waals surface area (Å²) in [7, 11) is -2.87. The van der Waals surface area contributed by atoms with E-state index in [-0.39, 0.29) is 11.5 Å². The van der Waals surface area contributed by atoms with Crippen LogP contribution in [0.2, 0.25) is 0 Å². The smallest absolute Gasteiger partial charge is 0.150 e. The van der Waals surface area contributed by atoms with E-state index in [0.717, 1.165) is 31.6 Å². The van der Waals surface area contributed by atoms with E-state index in [1.807, 2.05) is 0 Å². The highest BCUT2D eigenvalue weighted by molar-refractivity contribution is 7.91. The van der Waals surface area contributed by atoms with E-state index < -0.39 is 15.4 Å². The third-order valence-corrected chi connectivity index (χ3v) is 5.94. The minimum Gasteiger partial charge on any atom is -0.390 e. The highest BCUT2D eigenvalue weighted by Crippen LogP contribution is 2.36. The van der Waals surface area contributed by atoms with Crippen molar-refractivity contribution in [2.45, 2.75) is 64.4 Å². The molecule has 17 heavy (non-hydrogen) atoms. The zero-order chi connectivity index (χ0) is 12.9. The van der Waals surface area contributed by atoms with E-state index in [1.165, 1.54) is 6.42 Å². The first-order valence-corrected chi connectivity index (χ1v) is 8.66. The second kappa shape index (κ2) is 6.19. The van der Waals surface area contributed by atoms with Crippen LogP contribution in [-0.4, -0.2) is 30.6 Å². The maximum Gasteiger partial charge on any atom is 0.150 e. The molecule has 1 aliphatic carbocycles. The first-order chi connectivity index (χ1) is 7.91. The summed E-state index contributed by atoms with van der Waals surface area (Å²) in [5.41, 5.74) is -0.588. The molecule has 0 aliphatic heterocycles. The fourth-order valence-electron chi connectivity index (χ4n) is 2.64. The summed E-state index contributed by atoms with van der Waals surface area (Å²) in [6.07, 6.45) is 6.31. The van der Waals surface area contributed by atoms with Gasteiger partial charge in [0.05, 0.1) is 11.4 Å². The maximum absolute atomic E-state index is 11.4. The predicted molar refractivity (Wildman–Crippen MR) is 70.8 cm³/mol. The molecule has 1 rings (SSSR count). The summed E-state index contributed by atoms with van der Waals surface area (Å²) in [5, 5.41) is 10.4. The molecular formula is C13H26O3S.